The molecule has 0 amide bonds. The largest absolute Gasteiger partial charge is 0.494 e. The number of nitrogens with one attached hydrogen (secondary N) is 2. The summed E-state index contributed by atoms with van der Waals surface area (Å²) in [5.41, 5.74) is 2.46. The molecule has 0 unspecified atom stereocenters. The molecule has 2 aromatic rings. The lowest BCUT2D eigenvalue weighted by Gasteiger charge is -2.31. The molecule has 2 aromatic carbocycles. The van der Waals surface area contributed by atoms with Gasteiger partial charge in [-0.1, -0.05) is 24.3 Å². The van der Waals surface area contributed by atoms with Gasteiger partial charge in [-0.15, -0.1) is 0 Å². The van der Waals surface area contributed by atoms with Crippen LogP contribution in [0.15, 0.2) is 47.5 Å². The van der Waals surface area contributed by atoms with E-state index in [-0.39, 0.29) is 11.9 Å². The van der Waals surface area contributed by atoms with Crippen molar-refractivity contribution in [1.29, 1.82) is 0 Å². The van der Waals surface area contributed by atoms with Crippen LogP contribution in [0.5, 0.6) is 5.75 Å². The summed E-state index contributed by atoms with van der Waals surface area (Å²) in [4.78, 5) is 6.60. The van der Waals surface area contributed by atoms with E-state index in [1.807, 2.05) is 55.1 Å². The second kappa shape index (κ2) is 11.6. The summed E-state index contributed by atoms with van der Waals surface area (Å²) in [5.74, 6) is 1.28. The SMILES string of the molecule is CCNC(=NCc1ccc(N2CCC(O)CC2)c(F)c1)NCc1ccccc1OCC. The Morgan fingerprint density at radius 3 is 2.65 bits per heavy atom. The molecular weight excluding hydrogens is 395 g/mol. The molecule has 3 rings (SSSR count). The Morgan fingerprint density at radius 2 is 1.94 bits per heavy atom. The standard InChI is InChI=1S/C24H33FN4O2/c1-3-26-24(28-17-19-7-5-6-8-23(19)31-4-2)27-16-18-9-10-22(21(25)15-18)29-13-11-20(30)12-14-29/h5-10,15,20,30H,3-4,11-14,16-17H2,1-2H3,(H2,26,27,28). The van der Waals surface area contributed by atoms with Gasteiger partial charge in [0.25, 0.3) is 0 Å². The van der Waals surface area contributed by atoms with Crippen molar-refractivity contribution in [2.75, 3.05) is 31.1 Å². The van der Waals surface area contributed by atoms with Crippen LogP contribution in [0.4, 0.5) is 10.1 Å². The summed E-state index contributed by atoms with van der Waals surface area (Å²) in [6.07, 6.45) is 1.08. The fourth-order valence-electron chi connectivity index (χ4n) is 3.65. The van der Waals surface area contributed by atoms with E-state index in [0.717, 1.165) is 23.4 Å². The number of rotatable bonds is 8. The smallest absolute Gasteiger partial charge is 0.191 e. The predicted molar refractivity (Wildman–Crippen MR) is 123 cm³/mol. The lowest BCUT2D eigenvalue weighted by Crippen LogP contribution is -2.37. The number of halogens is 1. The highest BCUT2D eigenvalue weighted by Crippen LogP contribution is 2.24. The van der Waals surface area contributed by atoms with E-state index < -0.39 is 0 Å². The topological polar surface area (TPSA) is 69.1 Å². The highest BCUT2D eigenvalue weighted by molar-refractivity contribution is 5.79. The second-order valence-electron chi connectivity index (χ2n) is 7.59. The molecular formula is C24H33FN4O2. The molecule has 0 aliphatic carbocycles. The fourth-order valence-corrected chi connectivity index (χ4v) is 3.65. The van der Waals surface area contributed by atoms with Gasteiger partial charge in [-0.2, -0.15) is 0 Å². The van der Waals surface area contributed by atoms with E-state index >= 15 is 0 Å². The van der Waals surface area contributed by atoms with Crippen LogP contribution in [-0.2, 0) is 13.1 Å². The Bertz CT molecular complexity index is 866. The van der Waals surface area contributed by atoms with Crippen molar-refractivity contribution in [1.82, 2.24) is 10.6 Å². The van der Waals surface area contributed by atoms with Crippen LogP contribution in [0, 0.1) is 5.82 Å². The van der Waals surface area contributed by atoms with Gasteiger partial charge in [0, 0.05) is 31.7 Å². The first-order valence-electron chi connectivity index (χ1n) is 11.0. The van der Waals surface area contributed by atoms with Crippen molar-refractivity contribution >= 4 is 11.6 Å². The van der Waals surface area contributed by atoms with Crippen LogP contribution < -0.4 is 20.3 Å². The van der Waals surface area contributed by atoms with E-state index in [9.17, 15) is 9.50 Å². The van der Waals surface area contributed by atoms with Gasteiger partial charge >= 0.3 is 0 Å². The van der Waals surface area contributed by atoms with E-state index in [1.54, 1.807) is 6.07 Å². The summed E-state index contributed by atoms with van der Waals surface area (Å²) in [6.45, 7) is 7.62. The maximum atomic E-state index is 14.7. The number of hydrogen-bond acceptors (Lipinski definition) is 4. The van der Waals surface area contributed by atoms with Crippen molar-refractivity contribution in [3.8, 4) is 5.75 Å². The Kier molecular flexibility index (Phi) is 8.53. The molecule has 1 saturated heterocycles. The van der Waals surface area contributed by atoms with Crippen LogP contribution >= 0.6 is 0 Å². The number of aliphatic imine (C=N–C) groups is 1. The molecule has 3 N–H and O–H groups in total. The first-order chi connectivity index (χ1) is 15.1. The number of hydrogen-bond donors (Lipinski definition) is 3. The molecule has 0 radical (unpaired) electrons. The monoisotopic (exact) mass is 428 g/mol. The first kappa shape index (κ1) is 22.9. The highest BCUT2D eigenvalue weighted by Gasteiger charge is 2.19. The summed E-state index contributed by atoms with van der Waals surface area (Å²) in [5, 5.41) is 16.2. The average Bonchev–Trinajstić information content (AvgIpc) is 2.78. The zero-order valence-corrected chi connectivity index (χ0v) is 18.4. The van der Waals surface area contributed by atoms with Gasteiger partial charge in [0.2, 0.25) is 0 Å². The average molecular weight is 429 g/mol. The number of guanidine groups is 1. The summed E-state index contributed by atoms with van der Waals surface area (Å²) in [6, 6.07) is 13.2. The summed E-state index contributed by atoms with van der Waals surface area (Å²) in [7, 11) is 0. The molecule has 0 aromatic heterocycles. The number of para-hydroxylation sites is 1. The quantitative estimate of drug-likeness (QED) is 0.444. The molecule has 0 saturated carbocycles. The first-order valence-corrected chi connectivity index (χ1v) is 11.0. The Hall–Kier alpha value is -2.80. The van der Waals surface area contributed by atoms with Gasteiger partial charge in [0.15, 0.2) is 5.96 Å². The predicted octanol–water partition coefficient (Wildman–Crippen LogP) is 3.44. The molecule has 168 valence electrons. The molecule has 1 fully saturated rings. The van der Waals surface area contributed by atoms with Crippen molar-refractivity contribution in [3.63, 3.8) is 0 Å². The minimum atomic E-state index is -0.273. The van der Waals surface area contributed by atoms with E-state index in [1.165, 1.54) is 0 Å². The Morgan fingerprint density at radius 1 is 1.16 bits per heavy atom. The number of aliphatic hydroxyl groups excluding tert-OH is 1. The maximum absolute atomic E-state index is 14.7. The normalized spacial score (nSPS) is 15.1. The van der Waals surface area contributed by atoms with Crippen LogP contribution in [0.1, 0.15) is 37.8 Å². The third kappa shape index (κ3) is 6.59. The minimum absolute atomic E-state index is 0.243. The molecule has 1 aliphatic rings. The molecule has 1 heterocycles. The minimum Gasteiger partial charge on any atom is -0.494 e. The molecule has 0 bridgehead atoms. The zero-order valence-electron chi connectivity index (χ0n) is 18.4. The number of anilines is 1. The number of piperidine rings is 1. The van der Waals surface area contributed by atoms with Gasteiger partial charge in [0.05, 0.1) is 24.9 Å². The molecule has 7 heteroatoms. The van der Waals surface area contributed by atoms with Crippen molar-refractivity contribution in [2.45, 2.75) is 45.9 Å². The highest BCUT2D eigenvalue weighted by atomic mass is 19.1. The van der Waals surface area contributed by atoms with Crippen LogP contribution in [-0.4, -0.2) is 43.4 Å². The van der Waals surface area contributed by atoms with Crippen molar-refractivity contribution in [2.24, 2.45) is 4.99 Å². The van der Waals surface area contributed by atoms with Crippen molar-refractivity contribution in [3.05, 3.63) is 59.4 Å². The van der Waals surface area contributed by atoms with Gasteiger partial charge in [-0.3, -0.25) is 0 Å². The molecule has 0 atom stereocenters. The third-order valence-corrected chi connectivity index (χ3v) is 5.30. The molecule has 6 nitrogen and oxygen atoms in total. The summed E-state index contributed by atoms with van der Waals surface area (Å²) >= 11 is 0. The van der Waals surface area contributed by atoms with Gasteiger partial charge < -0.3 is 25.4 Å². The molecule has 31 heavy (non-hydrogen) atoms. The maximum Gasteiger partial charge on any atom is 0.191 e. The third-order valence-electron chi connectivity index (χ3n) is 5.30. The zero-order chi connectivity index (χ0) is 22.1. The fraction of sp³-hybridized carbons (Fsp3) is 0.458. The number of benzene rings is 2. The lowest BCUT2D eigenvalue weighted by molar-refractivity contribution is 0.145. The number of aliphatic hydroxyl groups is 1. The Balaban J connectivity index is 1.63. The molecule has 0 spiro atoms. The van der Waals surface area contributed by atoms with Crippen LogP contribution in [0.25, 0.3) is 0 Å². The van der Waals surface area contributed by atoms with Crippen molar-refractivity contribution < 1.29 is 14.2 Å². The van der Waals surface area contributed by atoms with E-state index in [2.05, 4.69) is 15.6 Å². The summed E-state index contributed by atoms with van der Waals surface area (Å²) < 4.78 is 20.4. The van der Waals surface area contributed by atoms with E-state index in [0.29, 0.717) is 57.3 Å². The number of nitrogens with zero attached hydrogens (tertiary/aromatic N) is 2. The lowest BCUT2D eigenvalue weighted by atomic mass is 10.1. The van der Waals surface area contributed by atoms with Gasteiger partial charge in [-0.25, -0.2) is 9.38 Å². The van der Waals surface area contributed by atoms with Gasteiger partial charge in [-0.05, 0) is 50.5 Å². The van der Waals surface area contributed by atoms with Crippen LogP contribution in [0.2, 0.25) is 0 Å². The van der Waals surface area contributed by atoms with Crippen LogP contribution in [0.3, 0.4) is 0 Å². The molecule has 1 aliphatic heterocycles. The Labute approximate surface area is 184 Å². The number of ether oxygens (including phenoxy) is 1. The second-order valence-corrected chi connectivity index (χ2v) is 7.59. The van der Waals surface area contributed by atoms with Gasteiger partial charge in [0.1, 0.15) is 11.6 Å². The van der Waals surface area contributed by atoms with E-state index in [4.69, 9.17) is 4.74 Å².